The van der Waals surface area contributed by atoms with Gasteiger partial charge in [-0.05, 0) is 41.3 Å². The van der Waals surface area contributed by atoms with E-state index in [0.717, 1.165) is 21.8 Å². The highest BCUT2D eigenvalue weighted by molar-refractivity contribution is 7.13. The molecule has 2 heterocycles. The number of anilines is 1. The zero-order chi connectivity index (χ0) is 21.8. The lowest BCUT2D eigenvalue weighted by atomic mass is 10.1. The normalized spacial score (nSPS) is 10.8. The van der Waals surface area contributed by atoms with Crippen LogP contribution in [0.15, 0.2) is 115 Å². The zero-order valence-corrected chi connectivity index (χ0v) is 18.2. The molecule has 0 spiro atoms. The molecule has 5 rings (SSSR count). The molecule has 0 saturated heterocycles. The van der Waals surface area contributed by atoms with Gasteiger partial charge in [-0.2, -0.15) is 5.10 Å². The van der Waals surface area contributed by atoms with E-state index in [4.69, 9.17) is 5.10 Å². The van der Waals surface area contributed by atoms with Crippen LogP contribution < -0.4 is 4.90 Å². The van der Waals surface area contributed by atoms with Crippen LogP contribution in [0.5, 0.6) is 0 Å². The highest BCUT2D eigenvalue weighted by Gasteiger charge is 2.25. The number of nitrogens with zero attached hydrogens (tertiary/aromatic N) is 3. The molecule has 0 saturated carbocycles. The number of carbonyl (C=O) groups excluding carboxylic acids is 1. The average molecular weight is 436 g/mol. The summed E-state index contributed by atoms with van der Waals surface area (Å²) in [4.78, 5) is 16.8. The van der Waals surface area contributed by atoms with E-state index >= 15 is 0 Å². The maximum Gasteiger partial charge on any atom is 0.262 e. The Bertz CT molecular complexity index is 1300. The van der Waals surface area contributed by atoms with Gasteiger partial charge in [0.15, 0.2) is 0 Å². The van der Waals surface area contributed by atoms with Gasteiger partial charge in [0.25, 0.3) is 5.91 Å². The number of benzene rings is 3. The summed E-state index contributed by atoms with van der Waals surface area (Å²) >= 11 is 1.58. The van der Waals surface area contributed by atoms with Gasteiger partial charge in [0.05, 0.1) is 22.7 Å². The summed E-state index contributed by atoms with van der Waals surface area (Å²) in [7, 11) is 0. The number of hydrogen-bond donors (Lipinski definition) is 0. The van der Waals surface area contributed by atoms with Crippen LogP contribution >= 0.6 is 11.3 Å². The second-order valence-electron chi connectivity index (χ2n) is 7.36. The van der Waals surface area contributed by atoms with Gasteiger partial charge >= 0.3 is 0 Å². The van der Waals surface area contributed by atoms with Crippen LogP contribution in [-0.2, 0) is 6.54 Å². The quantitative estimate of drug-likeness (QED) is 0.307. The summed E-state index contributed by atoms with van der Waals surface area (Å²) in [5.74, 6) is -0.0781. The van der Waals surface area contributed by atoms with E-state index in [0.29, 0.717) is 17.8 Å². The van der Waals surface area contributed by atoms with Crippen LogP contribution in [0, 0.1) is 0 Å². The van der Waals surface area contributed by atoms with Crippen molar-refractivity contribution in [3.05, 3.63) is 126 Å². The molecule has 0 fully saturated rings. The number of aromatic nitrogens is 2. The standard InChI is InChI=1S/C27H21N3OS/c31-27(29(22-13-6-2-7-14-22)19-21-11-4-1-5-12-21)24-20-30(23-15-8-3-9-16-23)28-26(24)25-17-10-18-32-25/h1-18,20H,19H2. The smallest absolute Gasteiger partial charge is 0.262 e. The van der Waals surface area contributed by atoms with Crippen molar-refractivity contribution in [3.8, 4) is 16.3 Å². The summed E-state index contributed by atoms with van der Waals surface area (Å²) in [6.45, 7) is 0.476. The lowest BCUT2D eigenvalue weighted by Crippen LogP contribution is -2.30. The predicted molar refractivity (Wildman–Crippen MR) is 130 cm³/mol. The maximum absolute atomic E-state index is 14.0. The fraction of sp³-hybridized carbons (Fsp3) is 0.0370. The van der Waals surface area contributed by atoms with Gasteiger partial charge < -0.3 is 4.90 Å². The molecule has 5 heteroatoms. The SMILES string of the molecule is O=C(c1cn(-c2ccccc2)nc1-c1cccs1)N(Cc1ccccc1)c1ccccc1. The first-order valence-corrected chi connectivity index (χ1v) is 11.3. The lowest BCUT2D eigenvalue weighted by Gasteiger charge is -2.23. The van der Waals surface area contributed by atoms with E-state index in [1.54, 1.807) is 16.0 Å². The first-order valence-electron chi connectivity index (χ1n) is 10.4. The van der Waals surface area contributed by atoms with Crippen molar-refractivity contribution in [2.75, 3.05) is 4.90 Å². The number of hydrogen-bond acceptors (Lipinski definition) is 3. The zero-order valence-electron chi connectivity index (χ0n) is 17.3. The van der Waals surface area contributed by atoms with Crippen LogP contribution in [0.3, 0.4) is 0 Å². The third-order valence-corrected chi connectivity index (χ3v) is 6.09. The Morgan fingerprint density at radius 1 is 0.812 bits per heavy atom. The van der Waals surface area contributed by atoms with Crippen LogP contribution in [-0.4, -0.2) is 15.7 Å². The van der Waals surface area contributed by atoms with Gasteiger partial charge in [0.1, 0.15) is 5.69 Å². The summed E-state index contributed by atoms with van der Waals surface area (Å²) in [5, 5.41) is 6.81. The first-order chi connectivity index (χ1) is 15.8. The summed E-state index contributed by atoms with van der Waals surface area (Å²) in [6.07, 6.45) is 1.84. The molecule has 0 aliphatic carbocycles. The van der Waals surface area contributed by atoms with Gasteiger partial charge in [-0.25, -0.2) is 4.68 Å². The molecule has 0 unspecified atom stereocenters. The molecular formula is C27H21N3OS. The van der Waals surface area contributed by atoms with E-state index in [-0.39, 0.29) is 5.91 Å². The first kappa shape index (κ1) is 20.0. The van der Waals surface area contributed by atoms with Crippen molar-refractivity contribution in [1.29, 1.82) is 0 Å². The Hall–Kier alpha value is -3.96. The van der Waals surface area contributed by atoms with Gasteiger partial charge in [-0.15, -0.1) is 11.3 Å². The molecule has 0 atom stereocenters. The molecule has 156 valence electrons. The van der Waals surface area contributed by atoms with E-state index < -0.39 is 0 Å². The van der Waals surface area contributed by atoms with Crippen LogP contribution in [0.25, 0.3) is 16.3 Å². The summed E-state index contributed by atoms with van der Waals surface area (Å²) in [6, 6.07) is 33.7. The molecule has 4 nitrogen and oxygen atoms in total. The van der Waals surface area contributed by atoms with Crippen LogP contribution in [0.2, 0.25) is 0 Å². The molecule has 1 amide bonds. The van der Waals surface area contributed by atoms with Crippen molar-refractivity contribution in [3.63, 3.8) is 0 Å². The Morgan fingerprint density at radius 2 is 1.47 bits per heavy atom. The lowest BCUT2D eigenvalue weighted by molar-refractivity contribution is 0.0985. The van der Waals surface area contributed by atoms with Gasteiger partial charge in [0.2, 0.25) is 0 Å². The maximum atomic E-state index is 14.0. The number of rotatable bonds is 6. The monoisotopic (exact) mass is 435 g/mol. The second kappa shape index (κ2) is 9.04. The predicted octanol–water partition coefficient (Wildman–Crippen LogP) is 6.45. The molecular weight excluding hydrogens is 414 g/mol. The molecule has 5 aromatic rings. The molecule has 0 bridgehead atoms. The second-order valence-corrected chi connectivity index (χ2v) is 8.31. The molecule has 2 aromatic heterocycles. The minimum atomic E-state index is -0.0781. The third-order valence-electron chi connectivity index (χ3n) is 5.22. The Kier molecular flexibility index (Phi) is 5.64. The fourth-order valence-corrected chi connectivity index (χ4v) is 4.36. The highest BCUT2D eigenvalue weighted by atomic mass is 32.1. The minimum Gasteiger partial charge on any atom is -0.304 e. The molecule has 32 heavy (non-hydrogen) atoms. The summed E-state index contributed by atoms with van der Waals surface area (Å²) < 4.78 is 1.79. The number of thiophene rings is 1. The van der Waals surface area contributed by atoms with Gasteiger partial charge in [0, 0.05) is 11.9 Å². The molecule has 0 radical (unpaired) electrons. The Balaban J connectivity index is 1.61. The number of amides is 1. The van der Waals surface area contributed by atoms with Crippen molar-refractivity contribution in [2.24, 2.45) is 0 Å². The van der Waals surface area contributed by atoms with E-state index in [2.05, 4.69) is 0 Å². The fourth-order valence-electron chi connectivity index (χ4n) is 3.64. The van der Waals surface area contributed by atoms with Crippen LogP contribution in [0.4, 0.5) is 5.69 Å². The Morgan fingerprint density at radius 3 is 2.12 bits per heavy atom. The van der Waals surface area contributed by atoms with E-state index in [1.165, 1.54) is 0 Å². The number of carbonyl (C=O) groups is 1. The van der Waals surface area contributed by atoms with Crippen molar-refractivity contribution < 1.29 is 4.79 Å². The number of para-hydroxylation sites is 2. The van der Waals surface area contributed by atoms with E-state index in [9.17, 15) is 4.79 Å². The third kappa shape index (κ3) is 4.11. The van der Waals surface area contributed by atoms with Gasteiger partial charge in [-0.3, -0.25) is 4.79 Å². The van der Waals surface area contributed by atoms with E-state index in [1.807, 2.05) is 120 Å². The van der Waals surface area contributed by atoms with Crippen molar-refractivity contribution in [1.82, 2.24) is 9.78 Å². The molecule has 3 aromatic carbocycles. The molecule has 0 N–H and O–H groups in total. The van der Waals surface area contributed by atoms with Crippen molar-refractivity contribution in [2.45, 2.75) is 6.54 Å². The topological polar surface area (TPSA) is 38.1 Å². The molecule has 0 aliphatic rings. The summed E-state index contributed by atoms with van der Waals surface area (Å²) in [5.41, 5.74) is 4.11. The van der Waals surface area contributed by atoms with Gasteiger partial charge in [-0.1, -0.05) is 72.8 Å². The van der Waals surface area contributed by atoms with Crippen molar-refractivity contribution >= 4 is 22.9 Å². The average Bonchev–Trinajstić information content (AvgIpc) is 3.54. The Labute approximate surface area is 191 Å². The minimum absolute atomic E-state index is 0.0781. The molecule has 0 aliphatic heterocycles. The highest BCUT2D eigenvalue weighted by Crippen LogP contribution is 2.30. The largest absolute Gasteiger partial charge is 0.304 e. The van der Waals surface area contributed by atoms with Crippen LogP contribution in [0.1, 0.15) is 15.9 Å².